The summed E-state index contributed by atoms with van der Waals surface area (Å²) in [5.41, 5.74) is 0.841. The second kappa shape index (κ2) is 5.65. The van der Waals surface area contributed by atoms with Crippen LogP contribution in [0, 0.1) is 5.82 Å². The number of aromatic nitrogens is 3. The maximum absolute atomic E-state index is 12.9. The minimum absolute atomic E-state index is 0.262. The van der Waals surface area contributed by atoms with Crippen LogP contribution in [0.15, 0.2) is 36.6 Å². The van der Waals surface area contributed by atoms with Crippen molar-refractivity contribution in [1.29, 1.82) is 0 Å². The van der Waals surface area contributed by atoms with Gasteiger partial charge in [-0.2, -0.15) is 5.10 Å². The van der Waals surface area contributed by atoms with Crippen molar-refractivity contribution in [1.82, 2.24) is 14.8 Å². The molecule has 2 rings (SSSR count). The zero-order valence-corrected chi connectivity index (χ0v) is 11.1. The second-order valence-corrected chi connectivity index (χ2v) is 4.22. The smallest absolute Gasteiger partial charge is 0.158 e. The summed E-state index contributed by atoms with van der Waals surface area (Å²) in [7, 11) is 3.42. The molecule has 0 N–H and O–H groups in total. The lowest BCUT2D eigenvalue weighted by atomic mass is 10.2. The number of nitrogens with zero attached hydrogens (tertiary/aromatic N) is 3. The van der Waals surface area contributed by atoms with E-state index in [1.807, 2.05) is 7.05 Å². The van der Waals surface area contributed by atoms with Crippen molar-refractivity contribution in [3.63, 3.8) is 0 Å². The van der Waals surface area contributed by atoms with Gasteiger partial charge < -0.3 is 4.74 Å². The van der Waals surface area contributed by atoms with E-state index in [-0.39, 0.29) is 5.82 Å². The first-order valence-corrected chi connectivity index (χ1v) is 5.98. The molecule has 0 bridgehead atoms. The number of allylic oxidation sites excluding steroid dienone is 1. The molecule has 0 amide bonds. The van der Waals surface area contributed by atoms with Gasteiger partial charge in [-0.1, -0.05) is 6.58 Å². The summed E-state index contributed by atoms with van der Waals surface area (Å²) < 4.78 is 19.6. The Bertz CT molecular complexity index is 575. The zero-order valence-electron chi connectivity index (χ0n) is 11.1. The molecular formula is C14H16FN3O. The molecule has 0 spiro atoms. The van der Waals surface area contributed by atoms with Crippen molar-refractivity contribution < 1.29 is 9.13 Å². The number of ether oxygens (including phenoxy) is 1. The Morgan fingerprint density at radius 2 is 2.05 bits per heavy atom. The van der Waals surface area contributed by atoms with E-state index in [0.29, 0.717) is 18.6 Å². The predicted octanol–water partition coefficient (Wildman–Crippen LogP) is 2.71. The molecule has 0 unspecified atom stereocenters. The van der Waals surface area contributed by atoms with Crippen LogP contribution in [0.5, 0.6) is 0 Å². The highest BCUT2D eigenvalue weighted by Crippen LogP contribution is 2.17. The molecule has 0 saturated carbocycles. The third kappa shape index (κ3) is 3.19. The zero-order chi connectivity index (χ0) is 13.8. The van der Waals surface area contributed by atoms with Gasteiger partial charge in [-0.25, -0.2) is 14.1 Å². The highest BCUT2D eigenvalue weighted by atomic mass is 19.1. The molecule has 1 aromatic heterocycles. The number of halogens is 1. The van der Waals surface area contributed by atoms with Crippen molar-refractivity contribution in [2.45, 2.75) is 12.8 Å². The number of hydrogen-bond acceptors (Lipinski definition) is 3. The SMILES string of the molecule is C=C(CCc1nc(-c2ccc(F)cc2)n(C)n1)OC. The largest absolute Gasteiger partial charge is 0.502 e. The van der Waals surface area contributed by atoms with E-state index >= 15 is 0 Å². The van der Waals surface area contributed by atoms with E-state index in [2.05, 4.69) is 16.7 Å². The lowest BCUT2D eigenvalue weighted by Crippen LogP contribution is -1.95. The summed E-state index contributed by atoms with van der Waals surface area (Å²) in [5.74, 6) is 1.89. The fraction of sp³-hybridized carbons (Fsp3) is 0.286. The quantitative estimate of drug-likeness (QED) is 0.777. The maximum Gasteiger partial charge on any atom is 0.158 e. The Labute approximate surface area is 111 Å². The maximum atomic E-state index is 12.9. The molecule has 100 valence electrons. The van der Waals surface area contributed by atoms with Crippen LogP contribution in [0.3, 0.4) is 0 Å². The molecule has 2 aromatic rings. The summed E-state index contributed by atoms with van der Waals surface area (Å²) in [6.07, 6.45) is 1.35. The third-order valence-electron chi connectivity index (χ3n) is 2.83. The standard InChI is InChI=1S/C14H16FN3O/c1-10(19-3)4-9-13-16-14(18(2)17-13)11-5-7-12(15)8-6-11/h5-8H,1,4,9H2,2-3H3. The lowest BCUT2D eigenvalue weighted by Gasteiger charge is -2.00. The van der Waals surface area contributed by atoms with Crippen LogP contribution in [0.4, 0.5) is 4.39 Å². The van der Waals surface area contributed by atoms with E-state index in [9.17, 15) is 4.39 Å². The van der Waals surface area contributed by atoms with Crippen LogP contribution < -0.4 is 0 Å². The van der Waals surface area contributed by atoms with E-state index < -0.39 is 0 Å². The molecule has 1 aromatic carbocycles. The predicted molar refractivity (Wildman–Crippen MR) is 70.9 cm³/mol. The number of methoxy groups -OCH3 is 1. The van der Waals surface area contributed by atoms with Crippen molar-refractivity contribution in [3.05, 3.63) is 48.2 Å². The van der Waals surface area contributed by atoms with Gasteiger partial charge in [0.15, 0.2) is 11.6 Å². The van der Waals surface area contributed by atoms with Gasteiger partial charge in [0, 0.05) is 25.5 Å². The first kappa shape index (κ1) is 13.3. The molecule has 19 heavy (non-hydrogen) atoms. The van der Waals surface area contributed by atoms with Gasteiger partial charge in [-0.3, -0.25) is 0 Å². The van der Waals surface area contributed by atoms with Crippen molar-refractivity contribution in [3.8, 4) is 11.4 Å². The van der Waals surface area contributed by atoms with Gasteiger partial charge in [-0.05, 0) is 24.3 Å². The van der Waals surface area contributed by atoms with Crippen LogP contribution in [0.1, 0.15) is 12.2 Å². The molecule has 1 heterocycles. The Morgan fingerprint density at radius 1 is 1.37 bits per heavy atom. The van der Waals surface area contributed by atoms with E-state index in [4.69, 9.17) is 4.74 Å². The van der Waals surface area contributed by atoms with Crippen LogP contribution in [0.25, 0.3) is 11.4 Å². The van der Waals surface area contributed by atoms with Gasteiger partial charge in [0.05, 0.1) is 12.9 Å². The van der Waals surface area contributed by atoms with E-state index in [1.165, 1.54) is 12.1 Å². The van der Waals surface area contributed by atoms with Gasteiger partial charge in [0.25, 0.3) is 0 Å². The first-order chi connectivity index (χ1) is 9.10. The molecule has 0 saturated heterocycles. The summed E-state index contributed by atoms with van der Waals surface area (Å²) in [5, 5.41) is 4.33. The topological polar surface area (TPSA) is 39.9 Å². The number of hydrogen-bond donors (Lipinski definition) is 0. The Kier molecular flexibility index (Phi) is 3.94. The monoisotopic (exact) mass is 261 g/mol. The fourth-order valence-electron chi connectivity index (χ4n) is 1.75. The minimum Gasteiger partial charge on any atom is -0.502 e. The first-order valence-electron chi connectivity index (χ1n) is 5.98. The van der Waals surface area contributed by atoms with Crippen LogP contribution in [-0.4, -0.2) is 21.9 Å². The highest BCUT2D eigenvalue weighted by molar-refractivity contribution is 5.54. The summed E-state index contributed by atoms with van der Waals surface area (Å²) >= 11 is 0. The summed E-state index contributed by atoms with van der Waals surface area (Å²) in [6, 6.07) is 6.21. The van der Waals surface area contributed by atoms with Crippen molar-refractivity contribution >= 4 is 0 Å². The molecule has 4 nitrogen and oxygen atoms in total. The van der Waals surface area contributed by atoms with Gasteiger partial charge in [-0.15, -0.1) is 0 Å². The van der Waals surface area contributed by atoms with Crippen molar-refractivity contribution in [2.24, 2.45) is 7.05 Å². The molecule has 0 aliphatic heterocycles. The fourth-order valence-corrected chi connectivity index (χ4v) is 1.75. The van der Waals surface area contributed by atoms with Gasteiger partial charge in [0.2, 0.25) is 0 Å². The van der Waals surface area contributed by atoms with E-state index in [1.54, 1.807) is 23.9 Å². The summed E-state index contributed by atoms with van der Waals surface area (Å²) in [4.78, 5) is 4.45. The van der Waals surface area contributed by atoms with E-state index in [0.717, 1.165) is 17.2 Å². The van der Waals surface area contributed by atoms with Gasteiger partial charge in [0.1, 0.15) is 5.82 Å². The molecule has 0 aliphatic rings. The average molecular weight is 261 g/mol. The number of aryl methyl sites for hydroxylation is 2. The molecule has 0 atom stereocenters. The molecule has 0 radical (unpaired) electrons. The normalized spacial score (nSPS) is 10.5. The molecule has 5 heteroatoms. The number of benzene rings is 1. The Morgan fingerprint density at radius 3 is 2.68 bits per heavy atom. The molecular weight excluding hydrogens is 245 g/mol. The average Bonchev–Trinajstić information content (AvgIpc) is 2.78. The lowest BCUT2D eigenvalue weighted by molar-refractivity contribution is 0.278. The minimum atomic E-state index is -0.262. The number of rotatable bonds is 5. The van der Waals surface area contributed by atoms with Crippen LogP contribution >= 0.6 is 0 Å². The third-order valence-corrected chi connectivity index (χ3v) is 2.83. The van der Waals surface area contributed by atoms with Crippen LogP contribution in [0.2, 0.25) is 0 Å². The second-order valence-electron chi connectivity index (χ2n) is 4.22. The Hall–Kier alpha value is -2.17. The van der Waals surface area contributed by atoms with Crippen LogP contribution in [-0.2, 0) is 18.2 Å². The summed E-state index contributed by atoms with van der Waals surface area (Å²) in [6.45, 7) is 3.76. The highest BCUT2D eigenvalue weighted by Gasteiger charge is 2.09. The molecule has 0 aliphatic carbocycles. The van der Waals surface area contributed by atoms with Gasteiger partial charge >= 0.3 is 0 Å². The molecule has 0 fully saturated rings. The Balaban J connectivity index is 2.16. The van der Waals surface area contributed by atoms with Crippen molar-refractivity contribution in [2.75, 3.05) is 7.11 Å².